The number of nitrogens with zero attached hydrogens (tertiary/aromatic N) is 1. The van der Waals surface area contributed by atoms with Gasteiger partial charge in [-0.05, 0) is 31.0 Å². The second-order valence-corrected chi connectivity index (χ2v) is 5.77. The lowest BCUT2D eigenvalue weighted by molar-refractivity contribution is 0.0695. The molecule has 1 saturated heterocycles. The van der Waals surface area contributed by atoms with Gasteiger partial charge in [0.15, 0.2) is 0 Å². The first-order valence-corrected chi connectivity index (χ1v) is 7.45. The average molecular weight is 301 g/mol. The van der Waals surface area contributed by atoms with Gasteiger partial charge in [0.05, 0.1) is 5.52 Å². The smallest absolute Gasteiger partial charge is 0.341 e. The quantitative estimate of drug-likeness (QED) is 0.781. The second-order valence-electron chi connectivity index (χ2n) is 5.77. The number of hydrogen-bond acceptors (Lipinski definition) is 4. The Morgan fingerprint density at radius 1 is 1.36 bits per heavy atom. The molecular weight excluding hydrogens is 282 g/mol. The molecule has 0 spiro atoms. The summed E-state index contributed by atoms with van der Waals surface area (Å²) in [6.45, 7) is 1.74. The summed E-state index contributed by atoms with van der Waals surface area (Å²) in [7, 11) is 0. The van der Waals surface area contributed by atoms with E-state index in [4.69, 9.17) is 10.8 Å². The van der Waals surface area contributed by atoms with Crippen LogP contribution < -0.4 is 16.1 Å². The van der Waals surface area contributed by atoms with E-state index in [0.717, 1.165) is 38.0 Å². The Morgan fingerprint density at radius 2 is 2.18 bits per heavy atom. The van der Waals surface area contributed by atoms with Crippen molar-refractivity contribution < 1.29 is 9.90 Å². The van der Waals surface area contributed by atoms with E-state index in [9.17, 15) is 9.59 Å². The van der Waals surface area contributed by atoms with Gasteiger partial charge in [-0.15, -0.1) is 0 Å². The molecule has 1 atom stereocenters. The Morgan fingerprint density at radius 3 is 2.95 bits per heavy atom. The molecule has 0 radical (unpaired) electrons. The number of anilines is 1. The molecule has 4 N–H and O–H groups in total. The highest BCUT2D eigenvalue weighted by molar-refractivity contribution is 5.93. The minimum Gasteiger partial charge on any atom is -0.477 e. The van der Waals surface area contributed by atoms with Crippen LogP contribution in [0.2, 0.25) is 0 Å². The number of nitrogens with two attached hydrogens (primary N) is 1. The Balaban J connectivity index is 2.01. The minimum atomic E-state index is -1.22. The van der Waals surface area contributed by atoms with E-state index in [2.05, 4.69) is 9.88 Å². The number of pyridine rings is 1. The second kappa shape index (κ2) is 5.81. The summed E-state index contributed by atoms with van der Waals surface area (Å²) < 4.78 is 0. The third kappa shape index (κ3) is 2.69. The molecule has 6 heteroatoms. The van der Waals surface area contributed by atoms with Gasteiger partial charge in [0.1, 0.15) is 5.56 Å². The fourth-order valence-corrected chi connectivity index (χ4v) is 2.98. The number of fused-ring (bicyclic) bond motifs is 1. The molecule has 0 aliphatic carbocycles. The zero-order valence-corrected chi connectivity index (χ0v) is 12.2. The standard InChI is InChI=1S/C16H19N3O3/c17-10-3-1-2-6-19(9-10)11-4-5-12-14(7-11)18-8-13(15(12)20)16(21)22/h4-5,7-8,10H,1-3,6,9,17H2,(H,18,20)(H,21,22)/t10-/m1/s1. The van der Waals surface area contributed by atoms with E-state index in [1.165, 1.54) is 6.20 Å². The van der Waals surface area contributed by atoms with Crippen LogP contribution in [0.1, 0.15) is 29.6 Å². The molecule has 1 aliphatic rings. The number of rotatable bonds is 2. The summed E-state index contributed by atoms with van der Waals surface area (Å²) in [5.41, 5.74) is 7.04. The molecule has 1 aromatic carbocycles. The molecule has 3 rings (SSSR count). The normalized spacial score (nSPS) is 19.1. The van der Waals surface area contributed by atoms with Gasteiger partial charge in [0.2, 0.25) is 5.43 Å². The largest absolute Gasteiger partial charge is 0.477 e. The lowest BCUT2D eigenvalue weighted by Crippen LogP contribution is -2.35. The molecule has 2 heterocycles. The number of carboxylic acids is 1. The van der Waals surface area contributed by atoms with Crippen molar-refractivity contribution in [3.8, 4) is 0 Å². The van der Waals surface area contributed by atoms with Crippen molar-refractivity contribution in [2.24, 2.45) is 5.73 Å². The predicted octanol–water partition coefficient (Wildman–Crippen LogP) is 1.54. The van der Waals surface area contributed by atoms with Gasteiger partial charge in [0.25, 0.3) is 0 Å². The van der Waals surface area contributed by atoms with Crippen molar-refractivity contribution in [3.05, 3.63) is 40.2 Å². The van der Waals surface area contributed by atoms with E-state index in [-0.39, 0.29) is 11.6 Å². The molecule has 0 bridgehead atoms. The predicted molar refractivity (Wildman–Crippen MR) is 85.6 cm³/mol. The zero-order valence-electron chi connectivity index (χ0n) is 12.2. The van der Waals surface area contributed by atoms with Crippen molar-refractivity contribution in [2.45, 2.75) is 25.3 Å². The first-order valence-electron chi connectivity index (χ1n) is 7.45. The molecule has 1 fully saturated rings. The summed E-state index contributed by atoms with van der Waals surface area (Å²) in [5.74, 6) is -1.22. The maximum atomic E-state index is 12.1. The van der Waals surface area contributed by atoms with Gasteiger partial charge in [-0.3, -0.25) is 4.79 Å². The van der Waals surface area contributed by atoms with Crippen molar-refractivity contribution in [3.63, 3.8) is 0 Å². The van der Waals surface area contributed by atoms with Crippen molar-refractivity contribution in [1.82, 2.24) is 4.98 Å². The molecule has 0 unspecified atom stereocenters. The summed E-state index contributed by atoms with van der Waals surface area (Å²) >= 11 is 0. The van der Waals surface area contributed by atoms with Gasteiger partial charge in [-0.2, -0.15) is 0 Å². The van der Waals surface area contributed by atoms with E-state index in [0.29, 0.717) is 10.9 Å². The van der Waals surface area contributed by atoms with Crippen LogP contribution >= 0.6 is 0 Å². The number of hydrogen-bond donors (Lipinski definition) is 3. The maximum Gasteiger partial charge on any atom is 0.341 e. The zero-order chi connectivity index (χ0) is 15.7. The Bertz CT molecular complexity index is 769. The van der Waals surface area contributed by atoms with Crippen LogP contribution in [0.25, 0.3) is 10.9 Å². The monoisotopic (exact) mass is 301 g/mol. The van der Waals surface area contributed by atoms with Crippen LogP contribution in [0.15, 0.2) is 29.2 Å². The van der Waals surface area contributed by atoms with Gasteiger partial charge >= 0.3 is 5.97 Å². The fraction of sp³-hybridized carbons (Fsp3) is 0.375. The number of aromatic nitrogens is 1. The van der Waals surface area contributed by atoms with Gasteiger partial charge in [0, 0.05) is 36.4 Å². The summed E-state index contributed by atoms with van der Waals surface area (Å²) in [4.78, 5) is 28.3. The van der Waals surface area contributed by atoms with Gasteiger partial charge < -0.3 is 20.7 Å². The minimum absolute atomic E-state index is 0.159. The van der Waals surface area contributed by atoms with Crippen LogP contribution in [0, 0.1) is 0 Å². The van der Waals surface area contributed by atoms with Gasteiger partial charge in [-0.25, -0.2) is 4.79 Å². The summed E-state index contributed by atoms with van der Waals surface area (Å²) in [6.07, 6.45) is 4.51. The third-order valence-corrected chi connectivity index (χ3v) is 4.17. The average Bonchev–Trinajstić information content (AvgIpc) is 2.71. The van der Waals surface area contributed by atoms with Crippen LogP contribution in [0.4, 0.5) is 5.69 Å². The van der Waals surface area contributed by atoms with E-state index < -0.39 is 11.4 Å². The summed E-state index contributed by atoms with van der Waals surface area (Å²) in [5, 5.41) is 9.39. The highest BCUT2D eigenvalue weighted by Crippen LogP contribution is 2.22. The Hall–Kier alpha value is -2.34. The molecule has 116 valence electrons. The lowest BCUT2D eigenvalue weighted by Gasteiger charge is -2.25. The number of benzene rings is 1. The number of H-pyrrole nitrogens is 1. The highest BCUT2D eigenvalue weighted by atomic mass is 16.4. The fourth-order valence-electron chi connectivity index (χ4n) is 2.98. The van der Waals surface area contributed by atoms with Crippen molar-refractivity contribution in [1.29, 1.82) is 0 Å². The molecular formula is C16H19N3O3. The summed E-state index contributed by atoms with van der Waals surface area (Å²) in [6, 6.07) is 5.60. The number of aromatic carboxylic acids is 1. The molecule has 22 heavy (non-hydrogen) atoms. The first-order chi connectivity index (χ1) is 10.6. The SMILES string of the molecule is N[C@@H]1CCCCN(c2ccc3c(=O)c(C(=O)O)c[nH]c3c2)C1. The number of aromatic amines is 1. The van der Waals surface area contributed by atoms with Crippen LogP contribution in [0.3, 0.4) is 0 Å². The van der Waals surface area contributed by atoms with Crippen molar-refractivity contribution >= 4 is 22.6 Å². The molecule has 1 aromatic heterocycles. The lowest BCUT2D eigenvalue weighted by atomic mass is 10.1. The van der Waals surface area contributed by atoms with E-state index in [1.807, 2.05) is 12.1 Å². The molecule has 6 nitrogen and oxygen atoms in total. The third-order valence-electron chi connectivity index (χ3n) is 4.17. The number of nitrogens with one attached hydrogen (secondary N) is 1. The topological polar surface area (TPSA) is 99.4 Å². The van der Waals surface area contributed by atoms with Crippen molar-refractivity contribution in [2.75, 3.05) is 18.0 Å². The molecule has 0 saturated carbocycles. The molecule has 2 aromatic rings. The maximum absolute atomic E-state index is 12.1. The first kappa shape index (κ1) is 14.6. The van der Waals surface area contributed by atoms with E-state index >= 15 is 0 Å². The van der Waals surface area contributed by atoms with Crippen LogP contribution in [-0.4, -0.2) is 35.2 Å². The van der Waals surface area contributed by atoms with Gasteiger partial charge in [-0.1, -0.05) is 6.42 Å². The Kier molecular flexibility index (Phi) is 3.85. The Labute approximate surface area is 127 Å². The molecule has 0 amide bonds. The molecule has 1 aliphatic heterocycles. The highest BCUT2D eigenvalue weighted by Gasteiger charge is 2.17. The number of carboxylic acid groups (broad SMARTS) is 1. The van der Waals surface area contributed by atoms with Crippen LogP contribution in [0.5, 0.6) is 0 Å². The van der Waals surface area contributed by atoms with Crippen LogP contribution in [-0.2, 0) is 0 Å². The number of carbonyl (C=O) groups is 1. The van der Waals surface area contributed by atoms with E-state index in [1.54, 1.807) is 6.07 Å².